The maximum absolute atomic E-state index is 7.25. The maximum atomic E-state index is 7.25. The molecule has 0 spiro atoms. The molecule has 8 heavy (non-hydrogen) atoms. The van der Waals surface area contributed by atoms with Crippen LogP contribution in [0.1, 0.15) is 0 Å². The van der Waals surface area contributed by atoms with E-state index >= 15 is 0 Å². The van der Waals surface area contributed by atoms with Crippen LogP contribution < -0.4 is 0 Å². The Bertz CT molecular complexity index is 79.3. The van der Waals surface area contributed by atoms with E-state index in [1.54, 1.807) is 0 Å². The van der Waals surface area contributed by atoms with E-state index in [0.717, 1.165) is 0 Å². The van der Waals surface area contributed by atoms with Crippen LogP contribution in [0.2, 0.25) is 0 Å². The van der Waals surface area contributed by atoms with Gasteiger partial charge in [0, 0.05) is 16.5 Å². The molecule has 0 aliphatic rings. The standard InChI is InChI=1S/C5H5.NO.Ni/c1-2-4-5-3-1;1-2;/h1-5H;;/q2*-1;. The molecule has 1 aromatic rings. The summed E-state index contributed by atoms with van der Waals surface area (Å²) in [6, 6.07) is 10.0. The minimum Gasteiger partial charge on any atom is -0.577 e. The van der Waals surface area contributed by atoms with Crippen molar-refractivity contribution in [1.29, 1.82) is 0 Å². The van der Waals surface area contributed by atoms with Crippen molar-refractivity contribution in [3.05, 3.63) is 40.8 Å². The second-order valence-corrected chi connectivity index (χ2v) is 0.962. The Labute approximate surface area is 58.0 Å². The molecule has 3 heteroatoms. The van der Waals surface area contributed by atoms with Crippen molar-refractivity contribution in [3.63, 3.8) is 0 Å². The average molecular weight is 154 g/mol. The smallest absolute Gasteiger partial charge is 0 e. The second-order valence-electron chi connectivity index (χ2n) is 0.962. The normalized spacial score (nSPS) is 5.50. The molecule has 2 nitrogen and oxygen atoms in total. The summed E-state index contributed by atoms with van der Waals surface area (Å²) in [5, 5.41) is 0. The fourth-order valence-corrected chi connectivity index (χ4v) is 0.321. The molecule has 0 atom stereocenters. The van der Waals surface area contributed by atoms with Crippen molar-refractivity contribution in [2.24, 2.45) is 0 Å². The third kappa shape index (κ3) is 5.44. The van der Waals surface area contributed by atoms with Crippen LogP contribution in [0.15, 0.2) is 30.3 Å². The summed E-state index contributed by atoms with van der Waals surface area (Å²) >= 11 is 0. The molecule has 1 aromatic carbocycles. The molecular weight excluding hydrogens is 149 g/mol. The van der Waals surface area contributed by atoms with Gasteiger partial charge in [0.15, 0.2) is 0 Å². The first-order chi connectivity index (χ1) is 3.50. The van der Waals surface area contributed by atoms with Crippen molar-refractivity contribution in [3.8, 4) is 0 Å². The van der Waals surface area contributed by atoms with Gasteiger partial charge < -0.3 is 10.5 Å². The van der Waals surface area contributed by atoms with Crippen LogP contribution >= 0.6 is 0 Å². The molecule has 0 saturated heterocycles. The van der Waals surface area contributed by atoms with Gasteiger partial charge in [0.1, 0.15) is 0 Å². The Balaban J connectivity index is 0. The van der Waals surface area contributed by atoms with Gasteiger partial charge >= 0.3 is 0 Å². The fraction of sp³-hybridized carbons (Fsp3) is 0. The van der Waals surface area contributed by atoms with E-state index in [1.807, 2.05) is 30.3 Å². The van der Waals surface area contributed by atoms with Gasteiger partial charge in [-0.3, -0.25) is 0 Å². The minimum atomic E-state index is 0. The first-order valence-corrected chi connectivity index (χ1v) is 1.85. The predicted octanol–water partition coefficient (Wildman–Crippen LogP) is 1.73. The predicted molar refractivity (Wildman–Crippen MR) is 28.8 cm³/mol. The largest absolute Gasteiger partial charge is 0.577 e. The molecule has 0 aromatic heterocycles. The zero-order valence-electron chi connectivity index (χ0n) is 4.06. The molecule has 0 heterocycles. The summed E-state index contributed by atoms with van der Waals surface area (Å²) in [6.07, 6.45) is 0. The number of hydrogen-bond acceptors (Lipinski definition) is 1. The molecule has 1 rings (SSSR count). The topological polar surface area (TPSA) is 39.4 Å². The van der Waals surface area contributed by atoms with E-state index in [0.29, 0.717) is 0 Å². The quantitative estimate of drug-likeness (QED) is 0.414. The van der Waals surface area contributed by atoms with Crippen molar-refractivity contribution in [1.82, 2.24) is 0 Å². The van der Waals surface area contributed by atoms with Gasteiger partial charge in [0.25, 0.3) is 0 Å². The maximum Gasteiger partial charge on any atom is 0 e. The molecule has 0 radical (unpaired) electrons. The number of rotatable bonds is 0. The third-order valence-electron chi connectivity index (χ3n) is 0.556. The Hall–Kier alpha value is -0.556. The third-order valence-corrected chi connectivity index (χ3v) is 0.556. The second kappa shape index (κ2) is 9.67. The first-order valence-electron chi connectivity index (χ1n) is 1.85. The van der Waals surface area contributed by atoms with E-state index in [1.165, 1.54) is 0 Å². The number of nitroso groups, excluding NO2 is 1. The van der Waals surface area contributed by atoms with Crippen LogP contribution in [0, 0.1) is 4.91 Å². The zero-order chi connectivity index (χ0) is 5.54. The Morgan fingerprint density at radius 2 is 1.50 bits per heavy atom. The van der Waals surface area contributed by atoms with Gasteiger partial charge in [-0.2, -0.15) is 18.2 Å². The average Bonchev–Trinajstić information content (AvgIpc) is 2.23. The van der Waals surface area contributed by atoms with Gasteiger partial charge in [-0.15, -0.1) is 0 Å². The molecular formula is C5H5NNiO-2. The van der Waals surface area contributed by atoms with Crippen LogP contribution in [-0.2, 0) is 16.5 Å². The van der Waals surface area contributed by atoms with E-state index in [-0.39, 0.29) is 16.5 Å². The van der Waals surface area contributed by atoms with Crippen LogP contribution in [0.25, 0.3) is 5.59 Å². The van der Waals surface area contributed by atoms with Gasteiger partial charge in [0.05, 0.1) is 0 Å². The van der Waals surface area contributed by atoms with Crippen LogP contribution in [-0.4, -0.2) is 0 Å². The van der Waals surface area contributed by atoms with E-state index in [4.69, 9.17) is 10.5 Å². The van der Waals surface area contributed by atoms with E-state index in [2.05, 4.69) is 0 Å². The molecule has 48 valence electrons. The molecule has 0 fully saturated rings. The van der Waals surface area contributed by atoms with Gasteiger partial charge in [-0.25, -0.2) is 12.1 Å². The van der Waals surface area contributed by atoms with Crippen molar-refractivity contribution in [2.45, 2.75) is 0 Å². The summed E-state index contributed by atoms with van der Waals surface area (Å²) in [5.41, 5.74) is 5.75. The molecule has 0 bridgehead atoms. The van der Waals surface area contributed by atoms with Crippen molar-refractivity contribution in [2.75, 3.05) is 0 Å². The van der Waals surface area contributed by atoms with Crippen LogP contribution in [0.4, 0.5) is 0 Å². The molecule has 0 N–H and O–H groups in total. The molecule has 0 aliphatic heterocycles. The van der Waals surface area contributed by atoms with Crippen LogP contribution in [0.5, 0.6) is 0 Å². The number of nitrogens with zero attached hydrogens (tertiary/aromatic N) is 1. The molecule has 0 amide bonds. The van der Waals surface area contributed by atoms with Crippen molar-refractivity contribution >= 4 is 0 Å². The summed E-state index contributed by atoms with van der Waals surface area (Å²) in [7, 11) is 0. The fourth-order valence-electron chi connectivity index (χ4n) is 0.321. The Morgan fingerprint density at radius 1 is 1.12 bits per heavy atom. The zero-order valence-corrected chi connectivity index (χ0v) is 5.05. The molecule has 0 saturated carbocycles. The Morgan fingerprint density at radius 3 is 1.62 bits per heavy atom. The van der Waals surface area contributed by atoms with Gasteiger partial charge in [-0.1, -0.05) is 0 Å². The molecule has 0 aliphatic carbocycles. The summed E-state index contributed by atoms with van der Waals surface area (Å²) in [4.78, 5) is 7.25. The van der Waals surface area contributed by atoms with E-state index in [9.17, 15) is 0 Å². The number of hydrogen-bond donors (Lipinski definition) is 0. The van der Waals surface area contributed by atoms with Gasteiger partial charge in [-0.05, 0) is 0 Å². The first kappa shape index (κ1) is 10.4. The monoisotopic (exact) mass is 153 g/mol. The van der Waals surface area contributed by atoms with E-state index < -0.39 is 0 Å². The Kier molecular flexibility index (Phi) is 12.6. The van der Waals surface area contributed by atoms with Crippen LogP contribution in [0.3, 0.4) is 0 Å². The molecule has 0 unspecified atom stereocenters. The summed E-state index contributed by atoms with van der Waals surface area (Å²) in [5.74, 6) is 0. The summed E-state index contributed by atoms with van der Waals surface area (Å²) < 4.78 is 0. The minimum absolute atomic E-state index is 0. The summed E-state index contributed by atoms with van der Waals surface area (Å²) in [6.45, 7) is 0. The van der Waals surface area contributed by atoms with Crippen molar-refractivity contribution < 1.29 is 16.5 Å². The van der Waals surface area contributed by atoms with Gasteiger partial charge in [0.2, 0.25) is 0 Å². The SMILES string of the molecule is [N-]=O.[Ni].c1cc[cH-]c1.